The third kappa shape index (κ3) is 7.38. The van der Waals surface area contributed by atoms with Gasteiger partial charge in [0, 0.05) is 25.7 Å². The van der Waals surface area contributed by atoms with E-state index in [4.69, 9.17) is 0 Å². The predicted octanol–water partition coefficient (Wildman–Crippen LogP) is 3.52. The molecule has 18 heavy (non-hydrogen) atoms. The topological polar surface area (TPSA) is 15.3 Å². The van der Waals surface area contributed by atoms with Gasteiger partial charge in [-0.3, -0.25) is 0 Å². The molecule has 2 nitrogen and oxygen atoms in total. The van der Waals surface area contributed by atoms with E-state index in [1.54, 1.807) is 0 Å². The molecule has 1 heterocycles. The molecule has 1 unspecified atom stereocenters. The van der Waals surface area contributed by atoms with Gasteiger partial charge in [0.15, 0.2) is 0 Å². The first kappa shape index (κ1) is 16.0. The van der Waals surface area contributed by atoms with E-state index in [1.165, 1.54) is 58.3 Å². The monoisotopic (exact) mass is 254 g/mol. The van der Waals surface area contributed by atoms with Gasteiger partial charge in [0.05, 0.1) is 0 Å². The standard InChI is InChI=1S/C16H34N2/c1-14(2)11-18(12-15(3)4)13-16-9-7-5-6-8-10-17-16/h14-17H,5-13H2,1-4H3. The van der Waals surface area contributed by atoms with Gasteiger partial charge in [-0.15, -0.1) is 0 Å². The van der Waals surface area contributed by atoms with Crippen LogP contribution in [0.4, 0.5) is 0 Å². The van der Waals surface area contributed by atoms with Crippen molar-refractivity contribution in [2.45, 2.75) is 65.8 Å². The van der Waals surface area contributed by atoms with Gasteiger partial charge in [0.25, 0.3) is 0 Å². The summed E-state index contributed by atoms with van der Waals surface area (Å²) in [6, 6.07) is 0.725. The van der Waals surface area contributed by atoms with Crippen LogP contribution in [0.5, 0.6) is 0 Å². The Bertz CT molecular complexity index is 183. The van der Waals surface area contributed by atoms with E-state index in [2.05, 4.69) is 37.9 Å². The maximum absolute atomic E-state index is 3.76. The highest BCUT2D eigenvalue weighted by Gasteiger charge is 2.16. The molecule has 0 radical (unpaired) electrons. The zero-order valence-corrected chi connectivity index (χ0v) is 13.0. The summed E-state index contributed by atoms with van der Waals surface area (Å²) in [5.41, 5.74) is 0. The Morgan fingerprint density at radius 3 is 2.17 bits per heavy atom. The summed E-state index contributed by atoms with van der Waals surface area (Å²) in [5, 5.41) is 3.76. The second-order valence-corrected chi connectivity index (χ2v) is 6.86. The van der Waals surface area contributed by atoms with Gasteiger partial charge in [0.1, 0.15) is 0 Å². The summed E-state index contributed by atoms with van der Waals surface area (Å²) in [6.45, 7) is 14.3. The van der Waals surface area contributed by atoms with Crippen LogP contribution in [-0.2, 0) is 0 Å². The molecule has 0 aromatic heterocycles. The van der Waals surface area contributed by atoms with E-state index < -0.39 is 0 Å². The Hall–Kier alpha value is -0.0800. The Morgan fingerprint density at radius 2 is 1.56 bits per heavy atom. The molecule has 0 spiro atoms. The van der Waals surface area contributed by atoms with Crippen molar-refractivity contribution in [1.29, 1.82) is 0 Å². The lowest BCUT2D eigenvalue weighted by atomic mass is 10.0. The van der Waals surface area contributed by atoms with E-state index in [1.807, 2.05) is 0 Å². The van der Waals surface area contributed by atoms with Crippen molar-refractivity contribution < 1.29 is 0 Å². The van der Waals surface area contributed by atoms with Crippen molar-refractivity contribution in [1.82, 2.24) is 10.2 Å². The minimum atomic E-state index is 0.725. The fourth-order valence-electron chi connectivity index (χ4n) is 3.00. The number of hydrogen-bond acceptors (Lipinski definition) is 2. The van der Waals surface area contributed by atoms with Gasteiger partial charge >= 0.3 is 0 Å². The predicted molar refractivity (Wildman–Crippen MR) is 81.0 cm³/mol. The number of nitrogens with one attached hydrogen (secondary N) is 1. The van der Waals surface area contributed by atoms with E-state index in [-0.39, 0.29) is 0 Å². The van der Waals surface area contributed by atoms with Crippen LogP contribution in [0.3, 0.4) is 0 Å². The Morgan fingerprint density at radius 1 is 0.944 bits per heavy atom. The smallest absolute Gasteiger partial charge is 0.0195 e. The molecule has 0 aliphatic carbocycles. The van der Waals surface area contributed by atoms with Crippen LogP contribution < -0.4 is 5.32 Å². The lowest BCUT2D eigenvalue weighted by molar-refractivity contribution is 0.190. The fraction of sp³-hybridized carbons (Fsp3) is 1.00. The first-order valence-electron chi connectivity index (χ1n) is 8.03. The maximum atomic E-state index is 3.76. The zero-order chi connectivity index (χ0) is 13.4. The number of hydrogen-bond donors (Lipinski definition) is 1. The van der Waals surface area contributed by atoms with Crippen LogP contribution in [-0.4, -0.2) is 37.1 Å². The molecule has 1 aliphatic rings. The SMILES string of the molecule is CC(C)CN(CC(C)C)CC1CCCCCCN1. The first-order valence-corrected chi connectivity index (χ1v) is 8.03. The van der Waals surface area contributed by atoms with Gasteiger partial charge in [-0.05, 0) is 31.2 Å². The normalized spacial score (nSPS) is 22.5. The molecule has 1 saturated heterocycles. The highest BCUT2D eigenvalue weighted by atomic mass is 15.1. The van der Waals surface area contributed by atoms with E-state index >= 15 is 0 Å². The number of nitrogens with zero attached hydrogens (tertiary/aromatic N) is 1. The molecule has 1 aliphatic heterocycles. The molecule has 1 fully saturated rings. The molecule has 0 amide bonds. The summed E-state index contributed by atoms with van der Waals surface area (Å²) < 4.78 is 0. The maximum Gasteiger partial charge on any atom is 0.0195 e. The van der Waals surface area contributed by atoms with Gasteiger partial charge in [-0.1, -0.05) is 47.0 Å². The third-order valence-corrected chi connectivity index (χ3v) is 3.64. The van der Waals surface area contributed by atoms with Crippen LogP contribution >= 0.6 is 0 Å². The minimum Gasteiger partial charge on any atom is -0.313 e. The average molecular weight is 254 g/mol. The van der Waals surface area contributed by atoms with E-state index in [9.17, 15) is 0 Å². The van der Waals surface area contributed by atoms with E-state index in [0.717, 1.165) is 17.9 Å². The summed E-state index contributed by atoms with van der Waals surface area (Å²) in [7, 11) is 0. The van der Waals surface area contributed by atoms with Gasteiger partial charge < -0.3 is 10.2 Å². The van der Waals surface area contributed by atoms with Crippen molar-refractivity contribution in [2.75, 3.05) is 26.2 Å². The highest BCUT2D eigenvalue weighted by molar-refractivity contribution is 4.75. The summed E-state index contributed by atoms with van der Waals surface area (Å²) in [4.78, 5) is 2.68. The van der Waals surface area contributed by atoms with Crippen LogP contribution in [0, 0.1) is 11.8 Å². The second kappa shape index (κ2) is 8.92. The van der Waals surface area contributed by atoms with Crippen molar-refractivity contribution in [3.05, 3.63) is 0 Å². The molecule has 1 atom stereocenters. The average Bonchev–Trinajstić information content (AvgIpc) is 2.19. The van der Waals surface area contributed by atoms with Gasteiger partial charge in [-0.25, -0.2) is 0 Å². The molecule has 0 aromatic rings. The van der Waals surface area contributed by atoms with Crippen LogP contribution in [0.25, 0.3) is 0 Å². The molecule has 0 aromatic carbocycles. The molecular weight excluding hydrogens is 220 g/mol. The van der Waals surface area contributed by atoms with Gasteiger partial charge in [0.2, 0.25) is 0 Å². The van der Waals surface area contributed by atoms with Crippen LogP contribution in [0.1, 0.15) is 59.8 Å². The van der Waals surface area contributed by atoms with Crippen LogP contribution in [0.2, 0.25) is 0 Å². The molecule has 1 N–H and O–H groups in total. The fourth-order valence-corrected chi connectivity index (χ4v) is 3.00. The Labute approximate surface area is 115 Å². The largest absolute Gasteiger partial charge is 0.313 e. The minimum absolute atomic E-state index is 0.725. The quantitative estimate of drug-likeness (QED) is 0.780. The second-order valence-electron chi connectivity index (χ2n) is 6.86. The molecular formula is C16H34N2. The molecule has 108 valence electrons. The lowest BCUT2D eigenvalue weighted by Crippen LogP contribution is -2.44. The van der Waals surface area contributed by atoms with Crippen molar-refractivity contribution in [2.24, 2.45) is 11.8 Å². The Balaban J connectivity index is 2.40. The molecule has 2 heteroatoms. The molecule has 0 bridgehead atoms. The molecule has 0 saturated carbocycles. The van der Waals surface area contributed by atoms with Crippen LogP contribution in [0.15, 0.2) is 0 Å². The Kier molecular flexibility index (Phi) is 7.92. The summed E-state index contributed by atoms with van der Waals surface area (Å²) >= 11 is 0. The summed E-state index contributed by atoms with van der Waals surface area (Å²) in [5.74, 6) is 1.55. The first-order chi connectivity index (χ1) is 8.58. The molecule has 1 rings (SSSR count). The lowest BCUT2D eigenvalue weighted by Gasteiger charge is -2.31. The highest BCUT2D eigenvalue weighted by Crippen LogP contribution is 2.12. The van der Waals surface area contributed by atoms with E-state index in [0.29, 0.717) is 0 Å². The zero-order valence-electron chi connectivity index (χ0n) is 13.0. The van der Waals surface area contributed by atoms with Crippen molar-refractivity contribution in [3.8, 4) is 0 Å². The van der Waals surface area contributed by atoms with Crippen molar-refractivity contribution >= 4 is 0 Å². The van der Waals surface area contributed by atoms with Crippen molar-refractivity contribution in [3.63, 3.8) is 0 Å². The summed E-state index contributed by atoms with van der Waals surface area (Å²) in [6.07, 6.45) is 7.00. The number of rotatable bonds is 6. The third-order valence-electron chi connectivity index (χ3n) is 3.64. The van der Waals surface area contributed by atoms with Gasteiger partial charge in [-0.2, -0.15) is 0 Å².